The molecule has 0 saturated heterocycles. The van der Waals surface area contributed by atoms with Crippen molar-refractivity contribution in [3.8, 4) is 0 Å². The van der Waals surface area contributed by atoms with Gasteiger partial charge in [-0.2, -0.15) is 18.2 Å². The SMILES string of the molecule is CC(C)(C)c1ccc2[cH-]c3ccc(C(C)(C)C)cc3c2c1.[Cl][Hf]([Cl])=[C](c1cccc2ccccc12)c1cccc2ccccc12.c1cc[cH-]c1. The van der Waals surface area contributed by atoms with Crippen molar-refractivity contribution >= 4 is 63.5 Å². The van der Waals surface area contributed by atoms with Crippen LogP contribution in [-0.4, -0.2) is 3.26 Å². The van der Waals surface area contributed by atoms with Gasteiger partial charge in [-0.3, -0.25) is 0 Å². The summed E-state index contributed by atoms with van der Waals surface area (Å²) in [6.07, 6.45) is 0. The minimum atomic E-state index is -2.88. The molecular formula is C47H44Cl2Hf-2. The Morgan fingerprint density at radius 3 is 1.28 bits per heavy atom. The van der Waals surface area contributed by atoms with Crippen LogP contribution in [0.15, 0.2) is 158 Å². The van der Waals surface area contributed by atoms with Crippen LogP contribution in [0.4, 0.5) is 0 Å². The van der Waals surface area contributed by atoms with Gasteiger partial charge < -0.3 is 0 Å². The average Bonchev–Trinajstić information content (AvgIpc) is 3.80. The van der Waals surface area contributed by atoms with E-state index in [9.17, 15) is 0 Å². The molecule has 0 nitrogen and oxygen atoms in total. The normalized spacial score (nSPS) is 11.6. The van der Waals surface area contributed by atoms with E-state index in [1.807, 2.05) is 30.3 Å². The van der Waals surface area contributed by atoms with Crippen molar-refractivity contribution in [2.45, 2.75) is 52.4 Å². The van der Waals surface area contributed by atoms with Crippen molar-refractivity contribution in [1.82, 2.24) is 0 Å². The summed E-state index contributed by atoms with van der Waals surface area (Å²) in [5.41, 5.74) is 5.56. The van der Waals surface area contributed by atoms with Gasteiger partial charge >= 0.3 is 157 Å². The molecule has 0 aliphatic heterocycles. The topological polar surface area (TPSA) is 0 Å². The van der Waals surface area contributed by atoms with Crippen molar-refractivity contribution in [3.63, 3.8) is 0 Å². The Balaban J connectivity index is 0.000000153. The van der Waals surface area contributed by atoms with Crippen LogP contribution < -0.4 is 0 Å². The van der Waals surface area contributed by atoms with E-state index in [1.165, 1.54) is 65.3 Å². The van der Waals surface area contributed by atoms with E-state index in [0.717, 1.165) is 3.26 Å². The molecule has 0 heterocycles. The predicted octanol–water partition coefficient (Wildman–Crippen LogP) is 14.2. The number of halogens is 2. The van der Waals surface area contributed by atoms with E-state index in [2.05, 4.69) is 169 Å². The van der Waals surface area contributed by atoms with Crippen molar-refractivity contribution in [1.29, 1.82) is 0 Å². The molecule has 0 aromatic heterocycles. The first-order chi connectivity index (χ1) is 23.9. The van der Waals surface area contributed by atoms with Gasteiger partial charge in [0.2, 0.25) is 0 Å². The van der Waals surface area contributed by atoms with Crippen molar-refractivity contribution in [2.24, 2.45) is 0 Å². The van der Waals surface area contributed by atoms with Gasteiger partial charge in [0.1, 0.15) is 0 Å². The van der Waals surface area contributed by atoms with E-state index in [0.29, 0.717) is 0 Å². The second kappa shape index (κ2) is 15.3. The monoisotopic (exact) mass is 858 g/mol. The number of hydrogen-bond donors (Lipinski definition) is 0. The second-order valence-electron chi connectivity index (χ2n) is 14.9. The van der Waals surface area contributed by atoms with E-state index >= 15 is 0 Å². The molecule has 0 amide bonds. The Bertz CT molecular complexity index is 2230. The average molecular weight is 858 g/mol. The van der Waals surface area contributed by atoms with Crippen molar-refractivity contribution in [3.05, 3.63) is 180 Å². The molecular weight excluding hydrogens is 814 g/mol. The number of rotatable bonds is 2. The molecule has 8 rings (SSSR count). The van der Waals surface area contributed by atoms with Crippen molar-refractivity contribution < 1.29 is 18.6 Å². The summed E-state index contributed by atoms with van der Waals surface area (Å²) in [5, 5.41) is 10.3. The molecule has 8 aromatic rings. The molecule has 0 aliphatic carbocycles. The van der Waals surface area contributed by atoms with Crippen LogP contribution in [0.1, 0.15) is 63.8 Å². The third-order valence-corrected chi connectivity index (χ3v) is 15.7. The van der Waals surface area contributed by atoms with Gasteiger partial charge in [0.05, 0.1) is 0 Å². The van der Waals surface area contributed by atoms with Gasteiger partial charge in [0.25, 0.3) is 0 Å². The minimum absolute atomic E-state index is 0.194. The van der Waals surface area contributed by atoms with Crippen LogP contribution in [0.25, 0.3) is 43.1 Å². The summed E-state index contributed by atoms with van der Waals surface area (Å²) in [4.78, 5) is 0. The summed E-state index contributed by atoms with van der Waals surface area (Å²) >= 11 is -2.88. The first-order valence-corrected chi connectivity index (χ1v) is 27.9. The number of benzene rings is 6. The maximum absolute atomic E-state index is 6.65. The van der Waals surface area contributed by atoms with Gasteiger partial charge in [-0.25, -0.2) is 12.1 Å². The van der Waals surface area contributed by atoms with Crippen molar-refractivity contribution in [2.75, 3.05) is 0 Å². The predicted molar refractivity (Wildman–Crippen MR) is 219 cm³/mol. The molecule has 0 radical (unpaired) electrons. The molecule has 0 atom stereocenters. The molecule has 252 valence electrons. The summed E-state index contributed by atoms with van der Waals surface area (Å²) in [5.74, 6) is 0. The molecule has 8 aromatic carbocycles. The molecule has 0 unspecified atom stereocenters. The number of fused-ring (bicyclic) bond motifs is 5. The van der Waals surface area contributed by atoms with E-state index in [-0.39, 0.29) is 10.8 Å². The Kier molecular flexibility index (Phi) is 11.1. The van der Waals surface area contributed by atoms with Crippen LogP contribution in [0.2, 0.25) is 0 Å². The van der Waals surface area contributed by atoms with Gasteiger partial charge in [-0.1, -0.05) is 76.9 Å². The third-order valence-electron chi connectivity index (χ3n) is 9.30. The standard InChI is InChI=1S/C21H14.C21H25.C5H5.2ClH.Hf/c1-3-13-20-16(7-1)9-5-11-18(20)15-19-12-6-10-17-8-2-4-14-21(17)19;1-20(2,3)16-9-7-14-11-15-8-10-17(21(4,5)6)13-19(15)18(14)12-16;1-2-4-5-3-1;;;/h1-14H;7-13H,1-6H3;1-5H;2*1H;/q;2*-1;;;+2/p-2. The molecule has 0 bridgehead atoms. The summed E-state index contributed by atoms with van der Waals surface area (Å²) in [6.45, 7) is 13.7. The van der Waals surface area contributed by atoms with Crippen LogP contribution in [0.5, 0.6) is 0 Å². The maximum Gasteiger partial charge on any atom is -0.172 e. The van der Waals surface area contributed by atoms with E-state index < -0.39 is 18.6 Å². The zero-order valence-corrected chi connectivity index (χ0v) is 34.9. The summed E-state index contributed by atoms with van der Waals surface area (Å²) in [6, 6.07) is 55.7. The number of hydrogen-bond acceptors (Lipinski definition) is 0. The molecule has 0 fully saturated rings. The Morgan fingerprint density at radius 2 is 0.900 bits per heavy atom. The molecule has 0 aliphatic rings. The van der Waals surface area contributed by atoms with Gasteiger partial charge in [-0.05, 0) is 10.8 Å². The largest absolute Gasteiger partial charge is 0.214 e. The van der Waals surface area contributed by atoms with Gasteiger partial charge in [0.15, 0.2) is 0 Å². The van der Waals surface area contributed by atoms with Crippen LogP contribution >= 0.6 is 17.2 Å². The van der Waals surface area contributed by atoms with Crippen LogP contribution in [-0.2, 0) is 29.4 Å². The zero-order valence-electron chi connectivity index (χ0n) is 29.8. The first kappa shape index (κ1) is 36.2. The molecule has 3 heteroatoms. The Hall–Kier alpha value is -3.62. The maximum atomic E-state index is 6.65. The fourth-order valence-corrected chi connectivity index (χ4v) is 12.9. The smallest absolute Gasteiger partial charge is 0.172 e. The van der Waals surface area contributed by atoms with E-state index in [4.69, 9.17) is 17.2 Å². The molecule has 0 N–H and O–H groups in total. The first-order valence-electron chi connectivity index (χ1n) is 17.2. The van der Waals surface area contributed by atoms with Crippen LogP contribution in [0.3, 0.4) is 0 Å². The second-order valence-corrected chi connectivity index (χ2v) is 26.3. The zero-order chi connectivity index (χ0) is 35.5. The molecule has 0 saturated carbocycles. The van der Waals surface area contributed by atoms with Gasteiger partial charge in [-0.15, -0.1) is 39.7 Å². The van der Waals surface area contributed by atoms with E-state index in [1.54, 1.807) is 0 Å². The Labute approximate surface area is 312 Å². The quantitative estimate of drug-likeness (QED) is 0.120. The minimum Gasteiger partial charge on any atom is -0.214 e. The third kappa shape index (κ3) is 8.13. The molecule has 50 heavy (non-hydrogen) atoms. The summed E-state index contributed by atoms with van der Waals surface area (Å²) < 4.78 is 1.16. The Morgan fingerprint density at radius 1 is 0.480 bits per heavy atom. The summed E-state index contributed by atoms with van der Waals surface area (Å²) in [7, 11) is 13.3. The fraction of sp³-hybridized carbons (Fsp3) is 0.170. The van der Waals surface area contributed by atoms with Crippen LogP contribution in [0, 0.1) is 0 Å². The van der Waals surface area contributed by atoms with Gasteiger partial charge in [0, 0.05) is 0 Å². The fourth-order valence-electron chi connectivity index (χ4n) is 6.49. The molecule has 0 spiro atoms.